The van der Waals surface area contributed by atoms with E-state index in [1.165, 1.54) is 27.2 Å². The van der Waals surface area contributed by atoms with Gasteiger partial charge in [0.25, 0.3) is 0 Å². The number of carbonyl (C=O) groups excluding carboxylic acids is 1. The monoisotopic (exact) mass is 223 g/mol. The summed E-state index contributed by atoms with van der Waals surface area (Å²) >= 11 is 0. The molecule has 0 aromatic heterocycles. The predicted molar refractivity (Wildman–Crippen MR) is 58.8 cm³/mol. The lowest BCUT2D eigenvalue weighted by atomic mass is 10.1. The molecule has 0 saturated heterocycles. The number of benzene rings is 1. The number of ether oxygens (including phenoxy) is 2. The predicted octanol–water partition coefficient (Wildman–Crippen LogP) is 1.74. The van der Waals surface area contributed by atoms with Crippen LogP contribution in [0.15, 0.2) is 23.4 Å². The largest absolute Gasteiger partial charge is 0.497 e. The highest BCUT2D eigenvalue weighted by molar-refractivity contribution is 6.45. The lowest BCUT2D eigenvalue weighted by molar-refractivity contribution is 0.105. The van der Waals surface area contributed by atoms with Crippen LogP contribution < -0.4 is 9.47 Å². The average Bonchev–Trinajstić information content (AvgIpc) is 2.35. The fourth-order valence-electron chi connectivity index (χ4n) is 1.23. The van der Waals surface area contributed by atoms with Gasteiger partial charge < -0.3 is 14.7 Å². The molecule has 0 fully saturated rings. The second-order valence-corrected chi connectivity index (χ2v) is 3.08. The SMILES string of the molecule is COc1ccc(OC)c(C(=O)/C(C)=N\O)c1. The van der Waals surface area contributed by atoms with Crippen LogP contribution in [0.4, 0.5) is 0 Å². The highest BCUT2D eigenvalue weighted by Crippen LogP contribution is 2.24. The van der Waals surface area contributed by atoms with Crippen molar-refractivity contribution in [2.24, 2.45) is 5.16 Å². The Morgan fingerprint density at radius 1 is 1.31 bits per heavy atom. The zero-order valence-electron chi connectivity index (χ0n) is 9.35. The van der Waals surface area contributed by atoms with Crippen molar-refractivity contribution >= 4 is 11.5 Å². The second-order valence-electron chi connectivity index (χ2n) is 3.08. The fourth-order valence-corrected chi connectivity index (χ4v) is 1.23. The zero-order valence-corrected chi connectivity index (χ0v) is 9.35. The summed E-state index contributed by atoms with van der Waals surface area (Å²) in [6.07, 6.45) is 0. The molecule has 5 heteroatoms. The molecular formula is C11H13NO4. The van der Waals surface area contributed by atoms with Crippen LogP contribution in [0.2, 0.25) is 0 Å². The number of rotatable bonds is 4. The first-order chi connectivity index (χ1) is 7.63. The maximum absolute atomic E-state index is 11.8. The third-order valence-corrected chi connectivity index (χ3v) is 2.13. The molecule has 0 amide bonds. The number of nitrogens with zero attached hydrogens (tertiary/aromatic N) is 1. The first-order valence-electron chi connectivity index (χ1n) is 4.59. The normalized spacial score (nSPS) is 11.1. The minimum absolute atomic E-state index is 0.00782. The Bertz CT molecular complexity index is 426. The van der Waals surface area contributed by atoms with Crippen molar-refractivity contribution < 1.29 is 19.5 Å². The van der Waals surface area contributed by atoms with Gasteiger partial charge in [0.15, 0.2) is 0 Å². The maximum Gasteiger partial charge on any atom is 0.214 e. The van der Waals surface area contributed by atoms with Crippen LogP contribution in [0.25, 0.3) is 0 Å². The van der Waals surface area contributed by atoms with Gasteiger partial charge in [0, 0.05) is 0 Å². The van der Waals surface area contributed by atoms with Gasteiger partial charge in [-0.15, -0.1) is 0 Å². The van der Waals surface area contributed by atoms with Crippen molar-refractivity contribution in [1.82, 2.24) is 0 Å². The lowest BCUT2D eigenvalue weighted by Gasteiger charge is -2.08. The summed E-state index contributed by atoms with van der Waals surface area (Å²) in [6, 6.07) is 4.84. The smallest absolute Gasteiger partial charge is 0.214 e. The molecule has 1 aromatic carbocycles. The number of hydrogen-bond donors (Lipinski definition) is 1. The first kappa shape index (κ1) is 12.0. The summed E-state index contributed by atoms with van der Waals surface area (Å²) in [7, 11) is 2.97. The van der Waals surface area contributed by atoms with Crippen molar-refractivity contribution in [2.75, 3.05) is 14.2 Å². The van der Waals surface area contributed by atoms with Crippen LogP contribution in [0.1, 0.15) is 17.3 Å². The topological polar surface area (TPSA) is 68.1 Å². The van der Waals surface area contributed by atoms with Gasteiger partial charge in [-0.3, -0.25) is 4.79 Å². The van der Waals surface area contributed by atoms with Gasteiger partial charge in [-0.25, -0.2) is 0 Å². The molecule has 1 N–H and O–H groups in total. The standard InChI is InChI=1S/C11H13NO4/c1-7(12-14)11(13)9-6-8(15-2)4-5-10(9)16-3/h4-6,14H,1-3H3/b12-7-. The molecule has 0 aliphatic rings. The average molecular weight is 223 g/mol. The van der Waals surface area contributed by atoms with Crippen molar-refractivity contribution in [2.45, 2.75) is 6.92 Å². The Morgan fingerprint density at radius 2 is 2.00 bits per heavy atom. The zero-order chi connectivity index (χ0) is 12.1. The van der Waals surface area contributed by atoms with E-state index in [4.69, 9.17) is 14.7 Å². The van der Waals surface area contributed by atoms with E-state index in [2.05, 4.69) is 5.16 Å². The molecule has 1 rings (SSSR count). The van der Waals surface area contributed by atoms with Gasteiger partial charge in [-0.1, -0.05) is 5.16 Å². The van der Waals surface area contributed by atoms with E-state index >= 15 is 0 Å². The highest BCUT2D eigenvalue weighted by atomic mass is 16.5. The molecule has 0 spiro atoms. The minimum Gasteiger partial charge on any atom is -0.497 e. The molecule has 0 atom stereocenters. The Kier molecular flexibility index (Phi) is 3.88. The van der Waals surface area contributed by atoms with Gasteiger partial charge in [0.05, 0.1) is 19.8 Å². The number of ketones is 1. The third kappa shape index (κ3) is 2.31. The molecule has 5 nitrogen and oxygen atoms in total. The molecule has 1 aromatic rings. The summed E-state index contributed by atoms with van der Waals surface area (Å²) in [5, 5.41) is 11.4. The summed E-state index contributed by atoms with van der Waals surface area (Å²) in [5.74, 6) is 0.543. The van der Waals surface area contributed by atoms with Gasteiger partial charge in [0.2, 0.25) is 5.78 Å². The first-order valence-corrected chi connectivity index (χ1v) is 4.59. The van der Waals surface area contributed by atoms with Gasteiger partial charge in [-0.2, -0.15) is 0 Å². The molecule has 86 valence electrons. The van der Waals surface area contributed by atoms with E-state index < -0.39 is 5.78 Å². The van der Waals surface area contributed by atoms with Crippen LogP contribution in [0, 0.1) is 0 Å². The molecule has 0 bridgehead atoms. The number of carbonyl (C=O) groups is 1. The Hall–Kier alpha value is -2.04. The number of Topliss-reactive ketones (excluding diaryl/α,β-unsaturated/α-hetero) is 1. The van der Waals surface area contributed by atoms with E-state index in [1.54, 1.807) is 12.1 Å². The second kappa shape index (κ2) is 5.16. The molecule has 0 radical (unpaired) electrons. The van der Waals surface area contributed by atoms with Crippen molar-refractivity contribution in [3.63, 3.8) is 0 Å². The van der Waals surface area contributed by atoms with Gasteiger partial charge >= 0.3 is 0 Å². The molecule has 0 aliphatic carbocycles. The van der Waals surface area contributed by atoms with Crippen molar-refractivity contribution in [1.29, 1.82) is 0 Å². The summed E-state index contributed by atoms with van der Waals surface area (Å²) < 4.78 is 10.1. The van der Waals surface area contributed by atoms with Crippen LogP contribution in [0.3, 0.4) is 0 Å². The van der Waals surface area contributed by atoms with E-state index in [9.17, 15) is 4.79 Å². The Morgan fingerprint density at radius 3 is 2.50 bits per heavy atom. The molecular weight excluding hydrogens is 210 g/mol. The Labute approximate surface area is 93.3 Å². The van der Waals surface area contributed by atoms with Gasteiger partial charge in [-0.05, 0) is 25.1 Å². The summed E-state index contributed by atoms with van der Waals surface area (Å²) in [4.78, 5) is 11.8. The molecule has 0 aliphatic heterocycles. The maximum atomic E-state index is 11.8. The molecule has 0 saturated carbocycles. The van der Waals surface area contributed by atoms with E-state index in [0.717, 1.165) is 0 Å². The van der Waals surface area contributed by atoms with E-state index in [0.29, 0.717) is 17.1 Å². The number of oxime groups is 1. The van der Waals surface area contributed by atoms with E-state index in [1.807, 2.05) is 0 Å². The molecule has 0 heterocycles. The number of methoxy groups -OCH3 is 2. The summed E-state index contributed by atoms with van der Waals surface area (Å²) in [6.45, 7) is 1.42. The highest BCUT2D eigenvalue weighted by Gasteiger charge is 2.16. The minimum atomic E-state index is -0.404. The number of hydrogen-bond acceptors (Lipinski definition) is 5. The van der Waals surface area contributed by atoms with Crippen LogP contribution in [-0.4, -0.2) is 30.9 Å². The summed E-state index contributed by atoms with van der Waals surface area (Å²) in [5.41, 5.74) is 0.295. The van der Waals surface area contributed by atoms with Crippen molar-refractivity contribution in [3.8, 4) is 11.5 Å². The van der Waals surface area contributed by atoms with Crippen molar-refractivity contribution in [3.05, 3.63) is 23.8 Å². The lowest BCUT2D eigenvalue weighted by Crippen LogP contribution is -2.12. The molecule has 0 unspecified atom stereocenters. The van der Waals surface area contributed by atoms with Crippen LogP contribution in [0.5, 0.6) is 11.5 Å². The third-order valence-electron chi connectivity index (χ3n) is 2.13. The fraction of sp³-hybridized carbons (Fsp3) is 0.273. The van der Waals surface area contributed by atoms with Crippen LogP contribution in [-0.2, 0) is 0 Å². The quantitative estimate of drug-likeness (QED) is 0.365. The van der Waals surface area contributed by atoms with Crippen LogP contribution >= 0.6 is 0 Å². The Balaban J connectivity index is 3.23. The van der Waals surface area contributed by atoms with E-state index in [-0.39, 0.29) is 5.71 Å². The van der Waals surface area contributed by atoms with Gasteiger partial charge in [0.1, 0.15) is 17.2 Å². The molecule has 16 heavy (non-hydrogen) atoms.